The van der Waals surface area contributed by atoms with Crippen LogP contribution in [0.2, 0.25) is 0 Å². The van der Waals surface area contributed by atoms with Crippen molar-refractivity contribution >= 4 is 0 Å². The van der Waals surface area contributed by atoms with Crippen LogP contribution in [-0.4, -0.2) is 40.3 Å². The lowest BCUT2D eigenvalue weighted by atomic mass is 9.62. The number of hydrogen-bond donors (Lipinski definition) is 1. The lowest BCUT2D eigenvalue weighted by Crippen LogP contribution is -2.58. The topological polar surface area (TPSA) is 54.0 Å². The molecule has 0 radical (unpaired) electrons. The fourth-order valence-corrected chi connectivity index (χ4v) is 5.83. The largest absolute Gasteiger partial charge is 0.373 e. The smallest absolute Gasteiger partial charge is 0.181 e. The molecule has 1 saturated heterocycles. The molecule has 5 nitrogen and oxygen atoms in total. The maximum absolute atomic E-state index is 14.8. The van der Waals surface area contributed by atoms with Crippen LogP contribution in [0.1, 0.15) is 36.2 Å². The van der Waals surface area contributed by atoms with E-state index in [0.717, 1.165) is 38.0 Å². The predicted octanol–water partition coefficient (Wildman–Crippen LogP) is 4.69. The van der Waals surface area contributed by atoms with Gasteiger partial charge in [-0.25, -0.2) is 9.37 Å². The highest BCUT2D eigenvalue weighted by Crippen LogP contribution is 2.52. The average molecular weight is 421 g/mol. The summed E-state index contributed by atoms with van der Waals surface area (Å²) in [5.41, 5.74) is 2.47. The Morgan fingerprint density at radius 1 is 1.13 bits per heavy atom. The van der Waals surface area contributed by atoms with E-state index in [2.05, 4.69) is 50.4 Å². The first-order valence-electron chi connectivity index (χ1n) is 11.1. The maximum Gasteiger partial charge on any atom is 0.181 e. The van der Waals surface area contributed by atoms with Crippen molar-refractivity contribution in [2.75, 3.05) is 20.2 Å². The number of aryl methyl sites for hydroxylation is 1. The first-order valence-corrected chi connectivity index (χ1v) is 11.1. The Balaban J connectivity index is 1.50. The van der Waals surface area contributed by atoms with Crippen LogP contribution in [0.15, 0.2) is 48.5 Å². The summed E-state index contributed by atoms with van der Waals surface area (Å²) in [4.78, 5) is 6.95. The number of likely N-dealkylation sites (tertiary alicyclic amines) is 1. The summed E-state index contributed by atoms with van der Waals surface area (Å²) >= 11 is 0. The molecule has 2 fully saturated rings. The summed E-state index contributed by atoms with van der Waals surface area (Å²) in [6.45, 7) is 4.69. The number of methoxy groups -OCH3 is 1. The van der Waals surface area contributed by atoms with E-state index in [4.69, 9.17) is 4.74 Å². The third kappa shape index (κ3) is 3.68. The van der Waals surface area contributed by atoms with E-state index in [1.165, 1.54) is 18.1 Å². The second-order valence-electron chi connectivity index (χ2n) is 8.97. The zero-order chi connectivity index (χ0) is 21.4. The molecule has 162 valence electrons. The van der Waals surface area contributed by atoms with Crippen LogP contribution in [0.25, 0.3) is 11.4 Å². The molecule has 2 bridgehead atoms. The molecule has 2 aromatic carbocycles. The van der Waals surface area contributed by atoms with E-state index in [1.54, 1.807) is 13.2 Å². The molecule has 1 aliphatic heterocycles. The molecule has 1 N–H and O–H groups in total. The van der Waals surface area contributed by atoms with Crippen LogP contribution in [-0.2, 0) is 16.9 Å². The van der Waals surface area contributed by atoms with Gasteiger partial charge in [-0.2, -0.15) is 5.10 Å². The molecular formula is C25H29FN4O. The van der Waals surface area contributed by atoms with Gasteiger partial charge in [0.25, 0.3) is 0 Å². The third-order valence-corrected chi connectivity index (χ3v) is 7.07. The molecule has 1 saturated carbocycles. The van der Waals surface area contributed by atoms with Crippen LogP contribution >= 0.6 is 0 Å². The quantitative estimate of drug-likeness (QED) is 0.650. The first-order chi connectivity index (χ1) is 15.1. The Labute approximate surface area is 182 Å². The van der Waals surface area contributed by atoms with Gasteiger partial charge in [0.2, 0.25) is 0 Å². The molecule has 3 aromatic rings. The number of benzene rings is 2. The lowest BCUT2D eigenvalue weighted by molar-refractivity contribution is -0.170. The molecular weight excluding hydrogens is 391 g/mol. The standard InChI is InChI=1S/C25H29FN4O/c1-17-27-24(29-28-17)19-11-22(13-23(26)12-19)25(31-2)20-9-6-10-21(25)16-30(15-20)14-18-7-4-3-5-8-18/h3-5,7-8,11-13,20-21H,6,9-10,14-16H2,1-2H3,(H,27,28,29). The van der Waals surface area contributed by atoms with Crippen molar-refractivity contribution in [2.24, 2.45) is 11.8 Å². The van der Waals surface area contributed by atoms with Crippen LogP contribution in [0.5, 0.6) is 0 Å². The number of aromatic amines is 1. The van der Waals surface area contributed by atoms with Crippen molar-refractivity contribution in [3.63, 3.8) is 0 Å². The van der Waals surface area contributed by atoms with E-state index in [-0.39, 0.29) is 5.82 Å². The molecule has 1 aliphatic carbocycles. The SMILES string of the molecule is COC1(c2cc(F)cc(-c3n[nH]c(C)n3)c2)C2CCCC1CN(Cc1ccccc1)C2. The number of piperidine rings is 1. The van der Waals surface area contributed by atoms with Gasteiger partial charge in [0, 0.05) is 44.1 Å². The normalized spacial score (nSPS) is 26.2. The molecule has 1 aromatic heterocycles. The average Bonchev–Trinajstić information content (AvgIpc) is 3.20. The number of ether oxygens (including phenoxy) is 1. The number of rotatable bonds is 5. The third-order valence-electron chi connectivity index (χ3n) is 7.07. The van der Waals surface area contributed by atoms with Gasteiger partial charge in [-0.1, -0.05) is 36.8 Å². The maximum atomic E-state index is 14.8. The highest BCUT2D eigenvalue weighted by atomic mass is 19.1. The molecule has 5 rings (SSSR count). The molecule has 0 spiro atoms. The Hall–Kier alpha value is -2.57. The van der Waals surface area contributed by atoms with E-state index in [9.17, 15) is 4.39 Å². The van der Waals surface area contributed by atoms with Crippen molar-refractivity contribution in [2.45, 2.75) is 38.3 Å². The minimum Gasteiger partial charge on any atom is -0.373 e. The summed E-state index contributed by atoms with van der Waals surface area (Å²) in [7, 11) is 1.79. The second kappa shape index (κ2) is 8.17. The van der Waals surface area contributed by atoms with Gasteiger partial charge in [-0.3, -0.25) is 10.00 Å². The van der Waals surface area contributed by atoms with Crippen LogP contribution in [0, 0.1) is 24.6 Å². The van der Waals surface area contributed by atoms with E-state index < -0.39 is 5.60 Å². The van der Waals surface area contributed by atoms with Gasteiger partial charge in [0.15, 0.2) is 5.82 Å². The van der Waals surface area contributed by atoms with Crippen molar-refractivity contribution in [3.8, 4) is 11.4 Å². The Morgan fingerprint density at radius 3 is 2.52 bits per heavy atom. The molecule has 2 heterocycles. The predicted molar refractivity (Wildman–Crippen MR) is 118 cm³/mol. The first kappa shape index (κ1) is 20.3. The van der Waals surface area contributed by atoms with Gasteiger partial charge in [0.05, 0.1) is 0 Å². The summed E-state index contributed by atoms with van der Waals surface area (Å²) < 4.78 is 21.1. The van der Waals surface area contributed by atoms with Crippen molar-refractivity contribution in [3.05, 3.63) is 71.3 Å². The number of H-pyrrole nitrogens is 1. The Morgan fingerprint density at radius 2 is 1.87 bits per heavy atom. The lowest BCUT2D eigenvalue weighted by Gasteiger charge is -2.55. The summed E-state index contributed by atoms with van der Waals surface area (Å²) in [6, 6.07) is 15.8. The molecule has 6 heteroatoms. The van der Waals surface area contributed by atoms with Gasteiger partial charge in [0.1, 0.15) is 17.2 Å². The Bertz CT molecular complexity index is 1040. The summed E-state index contributed by atoms with van der Waals surface area (Å²) in [6.07, 6.45) is 3.37. The number of fused-ring (bicyclic) bond motifs is 2. The van der Waals surface area contributed by atoms with Crippen LogP contribution in [0.4, 0.5) is 4.39 Å². The summed E-state index contributed by atoms with van der Waals surface area (Å²) in [5.74, 6) is 1.61. The van der Waals surface area contributed by atoms with E-state index >= 15 is 0 Å². The minimum atomic E-state index is -0.479. The number of hydrogen-bond acceptors (Lipinski definition) is 4. The van der Waals surface area contributed by atoms with Crippen LogP contribution in [0.3, 0.4) is 0 Å². The van der Waals surface area contributed by atoms with E-state index in [1.807, 2.05) is 13.0 Å². The van der Waals surface area contributed by atoms with Crippen molar-refractivity contribution in [1.29, 1.82) is 0 Å². The number of halogens is 1. The van der Waals surface area contributed by atoms with Crippen molar-refractivity contribution in [1.82, 2.24) is 20.1 Å². The molecule has 2 atom stereocenters. The zero-order valence-electron chi connectivity index (χ0n) is 18.1. The molecule has 2 unspecified atom stereocenters. The number of nitrogens with zero attached hydrogens (tertiary/aromatic N) is 3. The molecule has 31 heavy (non-hydrogen) atoms. The summed E-state index contributed by atoms with van der Waals surface area (Å²) in [5, 5.41) is 7.10. The van der Waals surface area contributed by atoms with Gasteiger partial charge >= 0.3 is 0 Å². The van der Waals surface area contributed by atoms with Crippen LogP contribution < -0.4 is 0 Å². The fourth-order valence-electron chi connectivity index (χ4n) is 5.83. The highest BCUT2D eigenvalue weighted by Gasteiger charge is 2.53. The second-order valence-corrected chi connectivity index (χ2v) is 8.97. The minimum absolute atomic E-state index is 0.267. The van der Waals surface area contributed by atoms with Gasteiger partial charge < -0.3 is 4.74 Å². The van der Waals surface area contributed by atoms with Gasteiger partial charge in [-0.15, -0.1) is 0 Å². The number of aromatic nitrogens is 3. The van der Waals surface area contributed by atoms with Gasteiger partial charge in [-0.05, 0) is 49.1 Å². The molecule has 2 aliphatic rings. The highest BCUT2D eigenvalue weighted by molar-refractivity contribution is 5.57. The Kier molecular flexibility index (Phi) is 5.36. The fraction of sp³-hybridized carbons (Fsp3) is 0.440. The van der Waals surface area contributed by atoms with E-state index in [0.29, 0.717) is 29.0 Å². The zero-order valence-corrected chi connectivity index (χ0v) is 18.1. The number of nitrogens with one attached hydrogen (secondary N) is 1. The monoisotopic (exact) mass is 420 g/mol. The molecule has 0 amide bonds. The van der Waals surface area contributed by atoms with Crippen molar-refractivity contribution < 1.29 is 9.13 Å².